The fourth-order valence-corrected chi connectivity index (χ4v) is 3.94. The molecule has 0 aliphatic heterocycles. The van der Waals surface area contributed by atoms with Crippen LogP contribution < -0.4 is 5.32 Å². The van der Waals surface area contributed by atoms with Gasteiger partial charge in [-0.2, -0.15) is 0 Å². The maximum Gasteiger partial charge on any atom is 0.242 e. The summed E-state index contributed by atoms with van der Waals surface area (Å²) in [6.45, 7) is 2.23. The van der Waals surface area contributed by atoms with Gasteiger partial charge in [0.05, 0.1) is 6.42 Å². The first-order chi connectivity index (χ1) is 14.0. The van der Waals surface area contributed by atoms with Crippen LogP contribution in [0.25, 0.3) is 0 Å². The minimum absolute atomic E-state index is 0.0672. The molecule has 0 heterocycles. The van der Waals surface area contributed by atoms with Crippen LogP contribution in [0.5, 0.6) is 0 Å². The molecular formula is C24H29ClN2O2. The smallest absolute Gasteiger partial charge is 0.242 e. The van der Waals surface area contributed by atoms with Crippen molar-refractivity contribution >= 4 is 23.4 Å². The molecule has 3 rings (SSSR count). The predicted molar refractivity (Wildman–Crippen MR) is 117 cm³/mol. The highest BCUT2D eigenvalue weighted by molar-refractivity contribution is 6.30. The van der Waals surface area contributed by atoms with Crippen molar-refractivity contribution in [2.45, 2.75) is 64.1 Å². The number of nitrogens with zero attached hydrogens (tertiary/aromatic N) is 1. The van der Waals surface area contributed by atoms with E-state index in [1.54, 1.807) is 17.0 Å². The Bertz CT molecular complexity index is 801. The van der Waals surface area contributed by atoms with Crippen molar-refractivity contribution in [2.24, 2.45) is 0 Å². The summed E-state index contributed by atoms with van der Waals surface area (Å²) in [6.07, 6.45) is 5.84. The topological polar surface area (TPSA) is 49.4 Å². The minimum atomic E-state index is -0.531. The molecule has 4 nitrogen and oxygen atoms in total. The molecule has 0 spiro atoms. The number of amides is 2. The lowest BCUT2D eigenvalue weighted by Crippen LogP contribution is -2.50. The van der Waals surface area contributed by atoms with Crippen LogP contribution in [0.1, 0.15) is 50.2 Å². The number of halogens is 1. The number of rotatable bonds is 7. The number of carbonyl (C=O) groups excluding carboxylic acids is 2. The van der Waals surface area contributed by atoms with Crippen LogP contribution in [0.15, 0.2) is 54.6 Å². The molecule has 1 N–H and O–H groups in total. The fraction of sp³-hybridized carbons (Fsp3) is 0.417. The first-order valence-corrected chi connectivity index (χ1v) is 10.8. The average molecular weight is 413 g/mol. The van der Waals surface area contributed by atoms with Gasteiger partial charge in [0, 0.05) is 17.6 Å². The number of carbonyl (C=O) groups is 2. The lowest BCUT2D eigenvalue weighted by Gasteiger charge is -2.31. The number of hydrogen-bond donors (Lipinski definition) is 1. The molecule has 1 aliphatic rings. The van der Waals surface area contributed by atoms with Gasteiger partial charge in [0.15, 0.2) is 0 Å². The van der Waals surface area contributed by atoms with Gasteiger partial charge >= 0.3 is 0 Å². The van der Waals surface area contributed by atoms with E-state index >= 15 is 0 Å². The molecule has 2 aromatic carbocycles. The summed E-state index contributed by atoms with van der Waals surface area (Å²) in [7, 11) is 0. The molecule has 1 saturated carbocycles. The summed E-state index contributed by atoms with van der Waals surface area (Å²) in [5.74, 6) is -0.139. The molecule has 0 unspecified atom stereocenters. The Morgan fingerprint density at radius 3 is 2.31 bits per heavy atom. The molecule has 154 valence electrons. The van der Waals surface area contributed by atoms with Gasteiger partial charge in [-0.3, -0.25) is 9.59 Å². The number of hydrogen-bond acceptors (Lipinski definition) is 2. The van der Waals surface area contributed by atoms with Gasteiger partial charge in [-0.05, 0) is 43.0 Å². The third-order valence-corrected chi connectivity index (χ3v) is 5.84. The normalized spacial score (nSPS) is 15.5. The van der Waals surface area contributed by atoms with E-state index in [2.05, 4.69) is 5.32 Å². The second kappa shape index (κ2) is 10.4. The molecule has 1 atom stereocenters. The van der Waals surface area contributed by atoms with E-state index in [4.69, 9.17) is 11.6 Å². The van der Waals surface area contributed by atoms with Crippen LogP contribution in [-0.2, 0) is 22.6 Å². The van der Waals surface area contributed by atoms with E-state index in [1.807, 2.05) is 49.4 Å². The van der Waals surface area contributed by atoms with Gasteiger partial charge in [-0.25, -0.2) is 0 Å². The van der Waals surface area contributed by atoms with Crippen molar-refractivity contribution in [3.8, 4) is 0 Å². The van der Waals surface area contributed by atoms with Crippen LogP contribution in [0.3, 0.4) is 0 Å². The van der Waals surface area contributed by atoms with Crippen molar-refractivity contribution in [3.63, 3.8) is 0 Å². The van der Waals surface area contributed by atoms with Crippen molar-refractivity contribution in [1.29, 1.82) is 0 Å². The molecular weight excluding hydrogens is 384 g/mol. The van der Waals surface area contributed by atoms with Gasteiger partial charge < -0.3 is 10.2 Å². The van der Waals surface area contributed by atoms with Gasteiger partial charge in [0.2, 0.25) is 11.8 Å². The highest BCUT2D eigenvalue weighted by atomic mass is 35.5. The maximum atomic E-state index is 13.2. The number of nitrogens with one attached hydrogen (secondary N) is 1. The van der Waals surface area contributed by atoms with E-state index in [1.165, 1.54) is 6.42 Å². The number of benzene rings is 2. The monoisotopic (exact) mass is 412 g/mol. The second-order valence-corrected chi connectivity index (χ2v) is 8.27. The molecule has 29 heavy (non-hydrogen) atoms. The maximum absolute atomic E-state index is 13.2. The largest absolute Gasteiger partial charge is 0.352 e. The summed E-state index contributed by atoms with van der Waals surface area (Å²) in [6, 6.07) is 16.8. The Kier molecular flexibility index (Phi) is 7.70. The molecule has 0 aromatic heterocycles. The van der Waals surface area contributed by atoms with E-state index < -0.39 is 6.04 Å². The van der Waals surface area contributed by atoms with Crippen molar-refractivity contribution in [3.05, 3.63) is 70.7 Å². The highest BCUT2D eigenvalue weighted by Crippen LogP contribution is 2.19. The van der Waals surface area contributed by atoms with Crippen molar-refractivity contribution in [1.82, 2.24) is 10.2 Å². The van der Waals surface area contributed by atoms with Gasteiger partial charge in [0.25, 0.3) is 0 Å². The van der Waals surface area contributed by atoms with E-state index in [-0.39, 0.29) is 24.3 Å². The van der Waals surface area contributed by atoms with Crippen LogP contribution in [0.2, 0.25) is 5.02 Å². The first kappa shape index (κ1) is 21.4. The third-order valence-electron chi connectivity index (χ3n) is 5.58. The zero-order valence-electron chi connectivity index (χ0n) is 16.9. The lowest BCUT2D eigenvalue weighted by molar-refractivity contribution is -0.140. The van der Waals surface area contributed by atoms with Crippen LogP contribution in [0, 0.1) is 0 Å². The standard InChI is InChI=1S/C24H29ClN2O2/c1-18(24(29)26-22-10-6-3-7-11-22)27(17-20-8-4-2-5-9-20)23(28)16-19-12-14-21(25)15-13-19/h2,4-5,8-9,12-15,18,22H,3,6-7,10-11,16-17H2,1H3,(H,26,29)/t18-/m1/s1. The van der Waals surface area contributed by atoms with Crippen molar-refractivity contribution < 1.29 is 9.59 Å². The van der Waals surface area contributed by atoms with Crippen LogP contribution in [-0.4, -0.2) is 28.8 Å². The van der Waals surface area contributed by atoms with Crippen LogP contribution >= 0.6 is 11.6 Å². The summed E-state index contributed by atoms with van der Waals surface area (Å²) >= 11 is 5.95. The molecule has 0 bridgehead atoms. The molecule has 2 aromatic rings. The summed E-state index contributed by atoms with van der Waals surface area (Å²) in [5, 5.41) is 3.80. The SMILES string of the molecule is C[C@H](C(=O)NC1CCCCC1)N(Cc1ccccc1)C(=O)Cc1ccc(Cl)cc1. The van der Waals surface area contributed by atoms with E-state index in [9.17, 15) is 9.59 Å². The quantitative estimate of drug-likeness (QED) is 0.713. The predicted octanol–water partition coefficient (Wildman–Crippen LogP) is 4.75. The Morgan fingerprint density at radius 2 is 1.66 bits per heavy atom. The Morgan fingerprint density at radius 1 is 1.00 bits per heavy atom. The Labute approximate surface area is 178 Å². The average Bonchev–Trinajstić information content (AvgIpc) is 2.74. The van der Waals surface area contributed by atoms with E-state index in [0.717, 1.165) is 36.8 Å². The van der Waals surface area contributed by atoms with Gasteiger partial charge in [-0.1, -0.05) is 73.3 Å². The minimum Gasteiger partial charge on any atom is -0.352 e. The molecule has 0 saturated heterocycles. The first-order valence-electron chi connectivity index (χ1n) is 10.4. The second-order valence-electron chi connectivity index (χ2n) is 7.83. The molecule has 1 fully saturated rings. The molecule has 5 heteroatoms. The third kappa shape index (κ3) is 6.33. The Hall–Kier alpha value is -2.33. The molecule has 2 amide bonds. The van der Waals surface area contributed by atoms with E-state index in [0.29, 0.717) is 11.6 Å². The molecule has 1 aliphatic carbocycles. The van der Waals surface area contributed by atoms with Gasteiger partial charge in [-0.15, -0.1) is 0 Å². The zero-order chi connectivity index (χ0) is 20.6. The highest BCUT2D eigenvalue weighted by Gasteiger charge is 2.28. The Balaban J connectivity index is 1.72. The van der Waals surface area contributed by atoms with Gasteiger partial charge in [0.1, 0.15) is 6.04 Å². The summed E-state index contributed by atoms with van der Waals surface area (Å²) in [5.41, 5.74) is 1.90. The summed E-state index contributed by atoms with van der Waals surface area (Å²) < 4.78 is 0. The lowest BCUT2D eigenvalue weighted by atomic mass is 9.95. The van der Waals surface area contributed by atoms with Crippen molar-refractivity contribution in [2.75, 3.05) is 0 Å². The molecule has 0 radical (unpaired) electrons. The zero-order valence-corrected chi connectivity index (χ0v) is 17.7. The summed E-state index contributed by atoms with van der Waals surface area (Å²) in [4.78, 5) is 27.8. The van der Waals surface area contributed by atoms with Crippen LogP contribution in [0.4, 0.5) is 0 Å². The fourth-order valence-electron chi connectivity index (χ4n) is 3.81.